The van der Waals surface area contributed by atoms with Crippen LogP contribution in [0, 0.1) is 0 Å². The van der Waals surface area contributed by atoms with Crippen molar-refractivity contribution in [1.82, 2.24) is 5.43 Å². The standard InChI is InChI=1S/C23H22N2O3S2/c1-27-21-11-8-16-4-2-3-5-19(16)20(21)14-24-25-22(26)15-28-18-9-6-17(7-10-18)23-29-12-13-30-23/h2-11,14,23H,12-13,15H2,1H3,(H,25,26)/b24-14+. The second-order valence-electron chi connectivity index (χ2n) is 6.63. The molecule has 7 heteroatoms. The van der Waals surface area contributed by atoms with Crippen LogP contribution < -0.4 is 14.9 Å². The molecular weight excluding hydrogens is 416 g/mol. The smallest absolute Gasteiger partial charge is 0.277 e. The van der Waals surface area contributed by atoms with E-state index in [1.807, 2.05) is 72.1 Å². The summed E-state index contributed by atoms with van der Waals surface area (Å²) in [4.78, 5) is 12.1. The van der Waals surface area contributed by atoms with E-state index < -0.39 is 0 Å². The third-order valence-electron chi connectivity index (χ3n) is 4.68. The zero-order valence-corrected chi connectivity index (χ0v) is 18.2. The van der Waals surface area contributed by atoms with Crippen molar-refractivity contribution in [2.75, 3.05) is 25.2 Å². The molecule has 4 rings (SSSR count). The number of carbonyl (C=O) groups is 1. The molecule has 154 valence electrons. The maximum Gasteiger partial charge on any atom is 0.277 e. The maximum atomic E-state index is 12.1. The number of hydrazone groups is 1. The molecule has 30 heavy (non-hydrogen) atoms. The van der Waals surface area contributed by atoms with E-state index in [2.05, 4.69) is 22.7 Å². The molecule has 0 atom stereocenters. The Morgan fingerprint density at radius 2 is 1.87 bits per heavy atom. The molecule has 0 saturated carbocycles. The maximum absolute atomic E-state index is 12.1. The Labute approximate surface area is 184 Å². The van der Waals surface area contributed by atoms with Gasteiger partial charge in [-0.15, -0.1) is 23.5 Å². The molecular formula is C23H22N2O3S2. The fraction of sp³-hybridized carbons (Fsp3) is 0.217. The van der Waals surface area contributed by atoms with Crippen LogP contribution in [0.5, 0.6) is 11.5 Å². The molecule has 0 radical (unpaired) electrons. The molecule has 0 bridgehead atoms. The van der Waals surface area contributed by atoms with Crippen LogP contribution in [0.2, 0.25) is 0 Å². The number of rotatable bonds is 7. The van der Waals surface area contributed by atoms with E-state index in [0.717, 1.165) is 16.3 Å². The van der Waals surface area contributed by atoms with Gasteiger partial charge < -0.3 is 9.47 Å². The van der Waals surface area contributed by atoms with Gasteiger partial charge in [0, 0.05) is 17.1 Å². The normalized spacial score (nSPS) is 14.3. The first kappa shape index (κ1) is 20.6. The van der Waals surface area contributed by atoms with E-state index in [1.165, 1.54) is 17.1 Å². The SMILES string of the molecule is COc1ccc2ccccc2c1/C=N/NC(=O)COc1ccc(C2SCCS2)cc1. The molecule has 3 aromatic carbocycles. The van der Waals surface area contributed by atoms with Crippen LogP contribution in [0.4, 0.5) is 0 Å². The summed E-state index contributed by atoms with van der Waals surface area (Å²) in [6.07, 6.45) is 1.60. The van der Waals surface area contributed by atoms with Gasteiger partial charge in [0.05, 0.1) is 17.9 Å². The number of nitrogens with zero attached hydrogens (tertiary/aromatic N) is 1. The lowest BCUT2D eigenvalue weighted by molar-refractivity contribution is -0.123. The van der Waals surface area contributed by atoms with Crippen LogP contribution in [0.15, 0.2) is 65.8 Å². The summed E-state index contributed by atoms with van der Waals surface area (Å²) in [5, 5.41) is 6.17. The van der Waals surface area contributed by atoms with E-state index in [4.69, 9.17) is 9.47 Å². The molecule has 1 N–H and O–H groups in total. The monoisotopic (exact) mass is 438 g/mol. The van der Waals surface area contributed by atoms with Crippen LogP contribution in [0.3, 0.4) is 0 Å². The third-order valence-corrected chi connectivity index (χ3v) is 7.78. The molecule has 1 aliphatic rings. The highest BCUT2D eigenvalue weighted by atomic mass is 32.2. The van der Waals surface area contributed by atoms with E-state index in [1.54, 1.807) is 13.3 Å². The number of ether oxygens (including phenoxy) is 2. The largest absolute Gasteiger partial charge is 0.496 e. The van der Waals surface area contributed by atoms with Crippen LogP contribution in [0.1, 0.15) is 15.7 Å². The Hall–Kier alpha value is -2.64. The molecule has 1 saturated heterocycles. The molecule has 1 amide bonds. The average Bonchev–Trinajstić information content (AvgIpc) is 3.33. The number of hydrogen-bond donors (Lipinski definition) is 1. The van der Waals surface area contributed by atoms with E-state index in [-0.39, 0.29) is 12.5 Å². The number of carbonyl (C=O) groups excluding carboxylic acids is 1. The summed E-state index contributed by atoms with van der Waals surface area (Å²) in [6.45, 7) is -0.101. The van der Waals surface area contributed by atoms with Crippen LogP contribution in [-0.4, -0.2) is 37.3 Å². The molecule has 1 heterocycles. The predicted molar refractivity (Wildman–Crippen MR) is 126 cm³/mol. The first-order valence-corrected chi connectivity index (χ1v) is 11.7. The van der Waals surface area contributed by atoms with Crippen molar-refractivity contribution in [3.63, 3.8) is 0 Å². The van der Waals surface area contributed by atoms with Gasteiger partial charge in [0.2, 0.25) is 0 Å². The van der Waals surface area contributed by atoms with Crippen LogP contribution in [0.25, 0.3) is 10.8 Å². The van der Waals surface area contributed by atoms with Gasteiger partial charge in [-0.25, -0.2) is 5.43 Å². The quantitative estimate of drug-likeness (QED) is 0.422. The Bertz CT molecular complexity index is 1050. The number of fused-ring (bicyclic) bond motifs is 1. The Morgan fingerprint density at radius 3 is 2.63 bits per heavy atom. The highest BCUT2D eigenvalue weighted by molar-refractivity contribution is 8.19. The summed E-state index contributed by atoms with van der Waals surface area (Å²) in [5.74, 6) is 3.43. The topological polar surface area (TPSA) is 59.9 Å². The molecule has 0 unspecified atom stereocenters. The molecule has 1 aliphatic heterocycles. The van der Waals surface area contributed by atoms with Crippen molar-refractivity contribution in [2.24, 2.45) is 5.10 Å². The molecule has 3 aromatic rings. The fourth-order valence-corrected chi connectivity index (χ4v) is 6.07. The zero-order valence-electron chi connectivity index (χ0n) is 16.5. The number of thioether (sulfide) groups is 2. The summed E-state index contributed by atoms with van der Waals surface area (Å²) >= 11 is 3.93. The molecule has 0 aliphatic carbocycles. The second-order valence-corrected chi connectivity index (χ2v) is 9.35. The van der Waals surface area contributed by atoms with E-state index in [0.29, 0.717) is 16.1 Å². The zero-order chi connectivity index (χ0) is 20.8. The highest BCUT2D eigenvalue weighted by Crippen LogP contribution is 2.45. The minimum atomic E-state index is -0.323. The Balaban J connectivity index is 1.34. The lowest BCUT2D eigenvalue weighted by Gasteiger charge is -2.10. The Kier molecular flexibility index (Phi) is 6.81. The first-order chi connectivity index (χ1) is 14.7. The summed E-state index contributed by atoms with van der Waals surface area (Å²) in [6, 6.07) is 19.8. The van der Waals surface area contributed by atoms with Crippen molar-refractivity contribution in [2.45, 2.75) is 4.58 Å². The van der Waals surface area contributed by atoms with Crippen molar-refractivity contribution in [3.8, 4) is 11.5 Å². The van der Waals surface area contributed by atoms with Crippen molar-refractivity contribution < 1.29 is 14.3 Å². The van der Waals surface area contributed by atoms with Gasteiger partial charge in [0.1, 0.15) is 11.5 Å². The van der Waals surface area contributed by atoms with Gasteiger partial charge in [-0.2, -0.15) is 5.10 Å². The molecule has 0 aromatic heterocycles. The number of benzene rings is 3. The van der Waals surface area contributed by atoms with Crippen LogP contribution in [-0.2, 0) is 4.79 Å². The number of nitrogens with one attached hydrogen (secondary N) is 1. The molecule has 0 spiro atoms. The van der Waals surface area contributed by atoms with Crippen molar-refractivity contribution in [3.05, 3.63) is 71.8 Å². The summed E-state index contributed by atoms with van der Waals surface area (Å²) in [5.41, 5.74) is 4.62. The van der Waals surface area contributed by atoms with Gasteiger partial charge in [0.15, 0.2) is 6.61 Å². The number of methoxy groups -OCH3 is 1. The van der Waals surface area contributed by atoms with Gasteiger partial charge in [-0.05, 0) is 34.5 Å². The second kappa shape index (κ2) is 9.91. The van der Waals surface area contributed by atoms with E-state index in [9.17, 15) is 4.79 Å². The van der Waals surface area contributed by atoms with E-state index >= 15 is 0 Å². The number of amides is 1. The number of hydrogen-bond acceptors (Lipinski definition) is 6. The third kappa shape index (κ3) is 4.91. The van der Waals surface area contributed by atoms with Gasteiger partial charge in [-0.3, -0.25) is 4.79 Å². The molecule has 5 nitrogen and oxygen atoms in total. The van der Waals surface area contributed by atoms with Crippen LogP contribution >= 0.6 is 23.5 Å². The molecule has 1 fully saturated rings. The van der Waals surface area contributed by atoms with Gasteiger partial charge in [0.25, 0.3) is 5.91 Å². The lowest BCUT2D eigenvalue weighted by Crippen LogP contribution is -2.24. The minimum Gasteiger partial charge on any atom is -0.496 e. The lowest BCUT2D eigenvalue weighted by atomic mass is 10.0. The van der Waals surface area contributed by atoms with Crippen molar-refractivity contribution in [1.29, 1.82) is 0 Å². The Morgan fingerprint density at radius 1 is 1.10 bits per heavy atom. The first-order valence-electron chi connectivity index (χ1n) is 9.58. The fourth-order valence-electron chi connectivity index (χ4n) is 3.21. The van der Waals surface area contributed by atoms with Crippen molar-refractivity contribution >= 4 is 46.4 Å². The average molecular weight is 439 g/mol. The summed E-state index contributed by atoms with van der Waals surface area (Å²) < 4.78 is 11.5. The van der Waals surface area contributed by atoms with Gasteiger partial charge >= 0.3 is 0 Å². The summed E-state index contributed by atoms with van der Waals surface area (Å²) in [7, 11) is 1.61. The highest BCUT2D eigenvalue weighted by Gasteiger charge is 2.18. The predicted octanol–water partition coefficient (Wildman–Crippen LogP) is 4.86. The minimum absolute atomic E-state index is 0.101. The van der Waals surface area contributed by atoms with Gasteiger partial charge in [-0.1, -0.05) is 42.5 Å².